The number of aromatic hydroxyl groups is 4. The molecule has 0 saturated heterocycles. The van der Waals surface area contributed by atoms with Gasteiger partial charge in [0.1, 0.15) is 57.1 Å². The summed E-state index contributed by atoms with van der Waals surface area (Å²) < 4.78 is 0. The minimum atomic E-state index is -0.163. The molecule has 1 radical (unpaired) electrons. The van der Waals surface area contributed by atoms with Crippen LogP contribution in [0.25, 0.3) is 33.4 Å². The molecule has 0 amide bonds. The van der Waals surface area contributed by atoms with Crippen LogP contribution in [0.4, 0.5) is 34.1 Å². The van der Waals surface area contributed by atoms with Gasteiger partial charge in [0, 0.05) is 78.6 Å². The van der Waals surface area contributed by atoms with E-state index in [9.17, 15) is 51.3 Å². The molecule has 0 unspecified atom stereocenters. The standard InChI is InChI=1S/2C22H22N6O5.Co/c2*29-11-9-26(10-12-30)15-5-7-18(22(32)14-15)23-24-19-13-16(6-8-21(19)31)27-25-17-3-1-2-4-20(17)28(27)33;/h2*1-8,13-14,29-32H,9-12H2;. The average molecular weight is 960 g/mol. The molecule has 0 spiro atoms. The zero-order valence-corrected chi connectivity index (χ0v) is 36.3. The number of aromatic nitrogens is 6. The summed E-state index contributed by atoms with van der Waals surface area (Å²) in [7, 11) is 0. The summed E-state index contributed by atoms with van der Waals surface area (Å²) in [4.78, 5) is 6.98. The van der Waals surface area contributed by atoms with Gasteiger partial charge < -0.3 is 61.1 Å². The van der Waals surface area contributed by atoms with Crippen LogP contribution in [0, 0.1) is 10.4 Å². The zero-order valence-electron chi connectivity index (χ0n) is 35.3. The normalized spacial score (nSPS) is 11.3. The first-order chi connectivity index (χ1) is 32.0. The summed E-state index contributed by atoms with van der Waals surface area (Å²) in [6.07, 6.45) is 0. The van der Waals surface area contributed by atoms with E-state index in [4.69, 9.17) is 0 Å². The smallest absolute Gasteiger partial charge is 0.250 e. The monoisotopic (exact) mass is 959 g/mol. The third kappa shape index (κ3) is 11.1. The van der Waals surface area contributed by atoms with Crippen LogP contribution < -0.4 is 19.5 Å². The van der Waals surface area contributed by atoms with E-state index in [1.54, 1.807) is 70.5 Å². The van der Waals surface area contributed by atoms with Crippen LogP contribution in [-0.4, -0.2) is 113 Å². The van der Waals surface area contributed by atoms with Gasteiger partial charge in [-0.2, -0.15) is 0 Å². The Labute approximate surface area is 391 Å². The summed E-state index contributed by atoms with van der Waals surface area (Å²) in [5.41, 5.74) is 4.25. The van der Waals surface area contributed by atoms with Gasteiger partial charge in [-0.15, -0.1) is 30.1 Å². The van der Waals surface area contributed by atoms with Gasteiger partial charge in [-0.3, -0.25) is 0 Å². The molecule has 0 fully saturated rings. The quantitative estimate of drug-likeness (QED) is 0.0375. The van der Waals surface area contributed by atoms with Crippen molar-refractivity contribution in [1.29, 1.82) is 0 Å². The number of hydrogen-bond donors (Lipinski definition) is 8. The Hall–Kier alpha value is -7.93. The minimum absolute atomic E-state index is 0. The van der Waals surface area contributed by atoms with Gasteiger partial charge in [0.05, 0.1) is 36.6 Å². The Bertz CT molecular complexity index is 2810. The number of para-hydroxylation sites is 2. The van der Waals surface area contributed by atoms with Gasteiger partial charge in [-0.05, 0) is 82.4 Å². The van der Waals surface area contributed by atoms with Crippen LogP contribution in [0.5, 0.6) is 23.0 Å². The molecule has 0 atom stereocenters. The second-order valence-corrected chi connectivity index (χ2v) is 14.3. The predicted molar refractivity (Wildman–Crippen MR) is 241 cm³/mol. The van der Waals surface area contributed by atoms with Gasteiger partial charge >= 0.3 is 0 Å². The van der Waals surface area contributed by atoms with Gasteiger partial charge in [0.25, 0.3) is 0 Å². The second-order valence-electron chi connectivity index (χ2n) is 14.3. The van der Waals surface area contributed by atoms with Crippen LogP contribution in [0.1, 0.15) is 0 Å². The summed E-state index contributed by atoms with van der Waals surface area (Å²) in [5, 5.41) is 128. The molecule has 0 bridgehead atoms. The fourth-order valence-corrected chi connectivity index (χ4v) is 6.69. The number of phenols is 4. The first-order valence-corrected chi connectivity index (χ1v) is 20.3. The number of benzene rings is 6. The Morgan fingerprint density at radius 3 is 1.15 bits per heavy atom. The number of fused-ring (bicyclic) bond motifs is 2. The molecule has 0 aliphatic rings. The van der Waals surface area contributed by atoms with E-state index < -0.39 is 0 Å². The van der Waals surface area contributed by atoms with Crippen molar-refractivity contribution in [1.82, 2.24) is 19.8 Å². The number of aliphatic hydroxyl groups is 4. The second kappa shape index (κ2) is 22.3. The molecule has 8 rings (SSSR count). The van der Waals surface area contributed by atoms with Crippen molar-refractivity contribution in [2.45, 2.75) is 0 Å². The average Bonchev–Trinajstić information content (AvgIpc) is 3.84. The van der Waals surface area contributed by atoms with E-state index in [1.807, 2.05) is 0 Å². The molecular weight excluding hydrogens is 915 g/mol. The largest absolute Gasteiger partial charge is 0.692 e. The number of rotatable bonds is 16. The molecule has 2 aromatic heterocycles. The van der Waals surface area contributed by atoms with Gasteiger partial charge in [0.2, 0.25) is 22.1 Å². The fourth-order valence-electron chi connectivity index (χ4n) is 6.69. The molecule has 2 heterocycles. The van der Waals surface area contributed by atoms with Crippen LogP contribution in [0.2, 0.25) is 0 Å². The van der Waals surface area contributed by atoms with E-state index in [2.05, 4.69) is 30.7 Å². The summed E-state index contributed by atoms with van der Waals surface area (Å²) in [6, 6.07) is 31.8. The van der Waals surface area contributed by atoms with Crippen molar-refractivity contribution in [3.8, 4) is 34.4 Å². The van der Waals surface area contributed by atoms with E-state index in [0.717, 1.165) is 9.59 Å². The van der Waals surface area contributed by atoms with Crippen molar-refractivity contribution in [2.75, 3.05) is 62.4 Å². The Balaban J connectivity index is 0.000000218. The van der Waals surface area contributed by atoms with Crippen molar-refractivity contribution in [3.05, 3.63) is 132 Å². The Morgan fingerprint density at radius 2 is 0.806 bits per heavy atom. The molecule has 8 aromatic rings. The molecule has 349 valence electrons. The maximum absolute atomic E-state index is 12.6. The van der Waals surface area contributed by atoms with Crippen LogP contribution in [0.3, 0.4) is 0 Å². The number of azo groups is 2. The SMILES string of the molecule is [Co].[O-][n+]1c2ccccc2nn1-c1ccc(O)c(N=Nc2ccc(N(CCO)CCO)cc2O)c1.[O-][n+]1c2ccccc2nn1-c1ccc(O)c(N=Nc2ccc(N(CCO)CCO)cc2O)c1. The van der Waals surface area contributed by atoms with E-state index >= 15 is 0 Å². The van der Waals surface area contributed by atoms with Crippen molar-refractivity contribution < 1.29 is 67.3 Å². The topological polar surface area (TPSA) is 307 Å². The Morgan fingerprint density at radius 1 is 0.448 bits per heavy atom. The number of hydrogen-bond acceptors (Lipinski definition) is 18. The summed E-state index contributed by atoms with van der Waals surface area (Å²) in [5.74, 6) is -0.651. The van der Waals surface area contributed by atoms with E-state index in [0.29, 0.717) is 80.7 Å². The van der Waals surface area contributed by atoms with E-state index in [1.165, 1.54) is 60.7 Å². The molecule has 0 saturated carbocycles. The summed E-state index contributed by atoms with van der Waals surface area (Å²) >= 11 is 0. The number of anilines is 2. The molecule has 67 heavy (non-hydrogen) atoms. The van der Waals surface area contributed by atoms with Gasteiger partial charge in [-0.1, -0.05) is 24.3 Å². The fraction of sp³-hybridized carbons (Fsp3) is 0.182. The maximum Gasteiger partial charge on any atom is 0.250 e. The van der Waals surface area contributed by atoms with E-state index in [-0.39, 0.29) is 89.0 Å². The van der Waals surface area contributed by atoms with Crippen molar-refractivity contribution >= 4 is 56.2 Å². The molecular formula is C44H44CoN12O10. The molecule has 22 nitrogen and oxygen atoms in total. The molecule has 0 aliphatic carbocycles. The summed E-state index contributed by atoms with van der Waals surface area (Å²) in [6.45, 7) is 0.765. The molecule has 8 N–H and O–H groups in total. The minimum Gasteiger partial charge on any atom is -0.692 e. The predicted octanol–water partition coefficient (Wildman–Crippen LogP) is 4.55. The van der Waals surface area contributed by atoms with Crippen LogP contribution in [-0.2, 0) is 16.8 Å². The van der Waals surface area contributed by atoms with Gasteiger partial charge in [0.15, 0.2) is 0 Å². The maximum atomic E-state index is 12.6. The van der Waals surface area contributed by atoms with Gasteiger partial charge in [-0.25, -0.2) is 0 Å². The van der Waals surface area contributed by atoms with Crippen molar-refractivity contribution in [3.63, 3.8) is 0 Å². The first-order valence-electron chi connectivity index (χ1n) is 20.3. The molecule has 23 heteroatoms. The molecule has 6 aromatic carbocycles. The third-order valence-corrected chi connectivity index (χ3v) is 9.96. The third-order valence-electron chi connectivity index (χ3n) is 9.96. The van der Waals surface area contributed by atoms with Crippen LogP contribution >= 0.6 is 0 Å². The number of aliphatic hydroxyl groups excluding tert-OH is 4. The van der Waals surface area contributed by atoms with Crippen molar-refractivity contribution in [2.24, 2.45) is 20.5 Å². The Kier molecular flexibility index (Phi) is 16.2. The zero-order chi connectivity index (χ0) is 46.7. The van der Waals surface area contributed by atoms with Crippen LogP contribution in [0.15, 0.2) is 142 Å². The molecule has 0 aliphatic heterocycles. The number of phenolic OH excluding ortho intramolecular Hbond substituents is 4. The first kappa shape index (κ1) is 48.5. The number of nitrogens with zero attached hydrogens (tertiary/aromatic N) is 12.